The van der Waals surface area contributed by atoms with Gasteiger partial charge >= 0.3 is 0 Å². The van der Waals surface area contributed by atoms with Gasteiger partial charge in [-0.1, -0.05) is 0 Å². The zero-order valence-electron chi connectivity index (χ0n) is 7.47. The first-order valence-corrected chi connectivity index (χ1v) is 4.40. The van der Waals surface area contributed by atoms with E-state index in [1.54, 1.807) is 19.3 Å². The molecule has 1 atom stereocenters. The molecule has 1 aromatic rings. The second-order valence-electron chi connectivity index (χ2n) is 3.49. The van der Waals surface area contributed by atoms with Crippen LogP contribution in [0.15, 0.2) is 12.3 Å². The number of aryl methyl sites for hydroxylation is 1. The lowest BCUT2D eigenvalue weighted by Crippen LogP contribution is -2.24. The van der Waals surface area contributed by atoms with Crippen LogP contribution in [0, 0.1) is 5.92 Å². The first-order chi connectivity index (χ1) is 6.20. The Labute approximate surface area is 76.2 Å². The van der Waals surface area contributed by atoms with Crippen molar-refractivity contribution in [1.82, 2.24) is 9.78 Å². The fraction of sp³-hybridized carbons (Fsp3) is 0.556. The third-order valence-corrected chi connectivity index (χ3v) is 2.41. The predicted octanol–water partition coefficient (Wildman–Crippen LogP) is 0.374. The van der Waals surface area contributed by atoms with Crippen molar-refractivity contribution in [2.24, 2.45) is 13.0 Å². The molecule has 0 aliphatic heterocycles. The molecule has 4 heteroatoms. The highest BCUT2D eigenvalue weighted by atomic mass is 16.3. The number of carbonyl (C=O) groups excluding carboxylic acids is 1. The Morgan fingerprint density at radius 1 is 1.77 bits per heavy atom. The zero-order valence-corrected chi connectivity index (χ0v) is 7.47. The Kier molecular flexibility index (Phi) is 1.92. The lowest BCUT2D eigenvalue weighted by molar-refractivity contribution is 0.0693. The topological polar surface area (TPSA) is 55.1 Å². The number of hydrogen-bond donors (Lipinski definition) is 1. The quantitative estimate of drug-likeness (QED) is 0.684. The minimum atomic E-state index is -0.824. The van der Waals surface area contributed by atoms with Gasteiger partial charge in [0.15, 0.2) is 0 Å². The first kappa shape index (κ1) is 8.44. The van der Waals surface area contributed by atoms with E-state index in [1.807, 2.05) is 0 Å². The molecule has 1 unspecified atom stereocenters. The van der Waals surface area contributed by atoms with E-state index < -0.39 is 6.10 Å². The first-order valence-electron chi connectivity index (χ1n) is 4.40. The number of nitrogens with zero attached hydrogens (tertiary/aromatic N) is 2. The number of carbonyl (C=O) groups is 1. The van der Waals surface area contributed by atoms with Crippen LogP contribution >= 0.6 is 0 Å². The Morgan fingerprint density at radius 3 is 2.92 bits per heavy atom. The largest absolute Gasteiger partial charge is 0.385 e. The maximum absolute atomic E-state index is 11.6. The van der Waals surface area contributed by atoms with Crippen LogP contribution < -0.4 is 0 Å². The zero-order chi connectivity index (χ0) is 9.42. The molecule has 1 aliphatic rings. The lowest BCUT2D eigenvalue weighted by Gasteiger charge is -2.07. The Bertz CT molecular complexity index is 328. The van der Waals surface area contributed by atoms with E-state index in [0.29, 0.717) is 5.69 Å². The third-order valence-electron chi connectivity index (χ3n) is 2.41. The molecule has 13 heavy (non-hydrogen) atoms. The highest BCUT2D eigenvalue weighted by Crippen LogP contribution is 2.33. The van der Waals surface area contributed by atoms with Crippen LogP contribution in [0.4, 0.5) is 0 Å². The number of hydrogen-bond acceptors (Lipinski definition) is 3. The Hall–Kier alpha value is -1.16. The third kappa shape index (κ3) is 1.49. The molecule has 1 fully saturated rings. The van der Waals surface area contributed by atoms with Crippen molar-refractivity contribution in [2.45, 2.75) is 18.9 Å². The van der Waals surface area contributed by atoms with Crippen molar-refractivity contribution in [3.05, 3.63) is 18.0 Å². The van der Waals surface area contributed by atoms with Crippen molar-refractivity contribution in [3.63, 3.8) is 0 Å². The molecule has 0 bridgehead atoms. The molecule has 1 N–H and O–H groups in total. The average molecular weight is 180 g/mol. The van der Waals surface area contributed by atoms with Gasteiger partial charge in [-0.05, 0) is 24.8 Å². The van der Waals surface area contributed by atoms with Crippen LogP contribution in [0.3, 0.4) is 0 Å². The molecule has 4 nitrogen and oxygen atoms in total. The van der Waals surface area contributed by atoms with Gasteiger partial charge in [-0.25, -0.2) is 0 Å². The summed E-state index contributed by atoms with van der Waals surface area (Å²) in [4.78, 5) is 11.6. The van der Waals surface area contributed by atoms with Crippen LogP contribution in [-0.4, -0.2) is 26.8 Å². The van der Waals surface area contributed by atoms with Gasteiger partial charge in [-0.2, -0.15) is 5.10 Å². The maximum atomic E-state index is 11.6. The number of aromatic nitrogens is 2. The molecule has 0 radical (unpaired) electrons. The van der Waals surface area contributed by atoms with E-state index in [-0.39, 0.29) is 11.7 Å². The smallest absolute Gasteiger partial charge is 0.209 e. The molecule has 0 spiro atoms. The fourth-order valence-corrected chi connectivity index (χ4v) is 1.39. The molecule has 1 aromatic heterocycles. The number of rotatable bonds is 3. The number of ketones is 1. The summed E-state index contributed by atoms with van der Waals surface area (Å²) in [5.41, 5.74) is 0.486. The fourth-order valence-electron chi connectivity index (χ4n) is 1.39. The van der Waals surface area contributed by atoms with Gasteiger partial charge in [0.05, 0.1) is 0 Å². The van der Waals surface area contributed by atoms with Crippen LogP contribution in [0.2, 0.25) is 0 Å². The van der Waals surface area contributed by atoms with Gasteiger partial charge in [0.1, 0.15) is 11.8 Å². The molecular weight excluding hydrogens is 168 g/mol. The second kappa shape index (κ2) is 2.96. The monoisotopic (exact) mass is 180 g/mol. The normalized spacial score (nSPS) is 18.6. The summed E-state index contributed by atoms with van der Waals surface area (Å²) >= 11 is 0. The summed E-state index contributed by atoms with van der Waals surface area (Å²) in [6, 6.07) is 1.63. The van der Waals surface area contributed by atoms with Crippen LogP contribution in [-0.2, 0) is 7.05 Å². The summed E-state index contributed by atoms with van der Waals surface area (Å²) < 4.78 is 1.49. The molecule has 1 saturated carbocycles. The highest BCUT2D eigenvalue weighted by Gasteiger charge is 2.35. The van der Waals surface area contributed by atoms with E-state index in [9.17, 15) is 9.90 Å². The molecule has 0 amide bonds. The van der Waals surface area contributed by atoms with Crippen molar-refractivity contribution in [1.29, 1.82) is 0 Å². The number of Topliss-reactive ketones (excluding diaryl/α,β-unsaturated/α-hetero) is 1. The molecule has 70 valence electrons. The van der Waals surface area contributed by atoms with E-state index in [0.717, 1.165) is 12.8 Å². The van der Waals surface area contributed by atoms with Crippen LogP contribution in [0.25, 0.3) is 0 Å². The van der Waals surface area contributed by atoms with E-state index in [4.69, 9.17) is 0 Å². The van der Waals surface area contributed by atoms with Gasteiger partial charge in [0.2, 0.25) is 5.78 Å². The summed E-state index contributed by atoms with van der Waals surface area (Å²) in [6.45, 7) is 0. The maximum Gasteiger partial charge on any atom is 0.209 e. The van der Waals surface area contributed by atoms with Crippen molar-refractivity contribution >= 4 is 5.78 Å². The minimum Gasteiger partial charge on any atom is -0.385 e. The van der Waals surface area contributed by atoms with Gasteiger partial charge in [0, 0.05) is 13.2 Å². The van der Waals surface area contributed by atoms with E-state index in [2.05, 4.69) is 5.10 Å². The average Bonchev–Trinajstić information content (AvgIpc) is 2.87. The Balaban J connectivity index is 2.16. The second-order valence-corrected chi connectivity index (χ2v) is 3.49. The molecule has 1 heterocycles. The SMILES string of the molecule is Cn1nccc1C(=O)C(O)C1CC1. The molecule has 0 aromatic carbocycles. The van der Waals surface area contributed by atoms with E-state index in [1.165, 1.54) is 4.68 Å². The Morgan fingerprint density at radius 2 is 2.46 bits per heavy atom. The van der Waals surface area contributed by atoms with Crippen molar-refractivity contribution < 1.29 is 9.90 Å². The summed E-state index contributed by atoms with van der Waals surface area (Å²) in [5, 5.41) is 13.4. The summed E-state index contributed by atoms with van der Waals surface area (Å²) in [6.07, 6.45) is 2.66. The summed E-state index contributed by atoms with van der Waals surface area (Å²) in [7, 11) is 1.70. The number of aliphatic hydroxyl groups excluding tert-OH is 1. The highest BCUT2D eigenvalue weighted by molar-refractivity contribution is 5.98. The molecular formula is C9H12N2O2. The van der Waals surface area contributed by atoms with Crippen molar-refractivity contribution in [2.75, 3.05) is 0 Å². The van der Waals surface area contributed by atoms with Crippen LogP contribution in [0.1, 0.15) is 23.3 Å². The summed E-state index contributed by atoms with van der Waals surface area (Å²) in [5.74, 6) is -0.0232. The minimum absolute atomic E-state index is 0.183. The van der Waals surface area contributed by atoms with E-state index >= 15 is 0 Å². The van der Waals surface area contributed by atoms with Gasteiger partial charge in [-0.3, -0.25) is 9.48 Å². The van der Waals surface area contributed by atoms with Crippen molar-refractivity contribution in [3.8, 4) is 0 Å². The predicted molar refractivity (Wildman–Crippen MR) is 46.3 cm³/mol. The lowest BCUT2D eigenvalue weighted by atomic mass is 10.1. The van der Waals surface area contributed by atoms with Gasteiger partial charge in [-0.15, -0.1) is 0 Å². The molecule has 2 rings (SSSR count). The standard InChI is InChI=1S/C9H12N2O2/c1-11-7(4-5-10-11)9(13)8(12)6-2-3-6/h4-6,8,12H,2-3H2,1H3. The van der Waals surface area contributed by atoms with Gasteiger partial charge in [0.25, 0.3) is 0 Å². The molecule has 0 saturated heterocycles. The number of aliphatic hydroxyl groups is 1. The van der Waals surface area contributed by atoms with Crippen LogP contribution in [0.5, 0.6) is 0 Å². The molecule has 1 aliphatic carbocycles. The van der Waals surface area contributed by atoms with Gasteiger partial charge < -0.3 is 5.11 Å².